The van der Waals surface area contributed by atoms with E-state index in [4.69, 9.17) is 0 Å². The van der Waals surface area contributed by atoms with Crippen molar-refractivity contribution in [3.63, 3.8) is 0 Å². The van der Waals surface area contributed by atoms with Gasteiger partial charge in [-0.15, -0.1) is 0 Å². The zero-order valence-corrected chi connectivity index (χ0v) is 9.93. The molecule has 0 radical (unpaired) electrons. The quantitative estimate of drug-likeness (QED) is 0.697. The molecule has 1 saturated carbocycles. The third-order valence-corrected chi connectivity index (χ3v) is 3.57. The number of rotatable bonds is 2. The minimum absolute atomic E-state index is 0.180. The molecule has 2 rings (SSSR count). The lowest BCUT2D eigenvalue weighted by molar-refractivity contribution is -0.144. The first-order valence-electron chi connectivity index (χ1n) is 6.07. The highest BCUT2D eigenvalue weighted by Gasteiger charge is 2.36. The largest absolute Gasteiger partial charge is 0.389 e. The van der Waals surface area contributed by atoms with E-state index in [1.54, 1.807) is 0 Å². The molecule has 0 bridgehead atoms. The van der Waals surface area contributed by atoms with Gasteiger partial charge >= 0.3 is 6.18 Å². The molecule has 1 aliphatic rings. The first-order valence-corrected chi connectivity index (χ1v) is 6.07. The maximum Gasteiger partial charge on any atom is 0.389 e. The van der Waals surface area contributed by atoms with Crippen molar-refractivity contribution in [2.45, 2.75) is 37.8 Å². The molecule has 0 amide bonds. The van der Waals surface area contributed by atoms with Crippen LogP contribution in [0, 0.1) is 5.92 Å². The second kappa shape index (κ2) is 4.75. The van der Waals surface area contributed by atoms with Gasteiger partial charge in [-0.25, -0.2) is 0 Å². The van der Waals surface area contributed by atoms with Crippen molar-refractivity contribution >= 4 is 13.3 Å². The topological polar surface area (TPSA) is 0 Å². The van der Waals surface area contributed by atoms with E-state index in [1.807, 2.05) is 26.0 Å². The van der Waals surface area contributed by atoms with Crippen LogP contribution >= 0.6 is 0 Å². The maximum atomic E-state index is 12.3. The van der Waals surface area contributed by atoms with Gasteiger partial charge in [0.15, 0.2) is 0 Å². The number of alkyl halides is 3. The molecule has 17 heavy (non-hydrogen) atoms. The number of benzene rings is 1. The van der Waals surface area contributed by atoms with Crippen molar-refractivity contribution < 1.29 is 13.2 Å². The molecule has 0 aromatic heterocycles. The summed E-state index contributed by atoms with van der Waals surface area (Å²) in [7, 11) is 2.02. The van der Waals surface area contributed by atoms with Gasteiger partial charge in [-0.3, -0.25) is 0 Å². The van der Waals surface area contributed by atoms with Crippen molar-refractivity contribution in [3.8, 4) is 0 Å². The third kappa shape index (κ3) is 3.52. The summed E-state index contributed by atoms with van der Waals surface area (Å²) in [5, 5.41) is 0. The average molecular weight is 240 g/mol. The summed E-state index contributed by atoms with van der Waals surface area (Å²) in [6.45, 7) is 0. The van der Waals surface area contributed by atoms with Crippen LogP contribution in [0.2, 0.25) is 0 Å². The van der Waals surface area contributed by atoms with Gasteiger partial charge in [0, 0.05) is 6.42 Å². The van der Waals surface area contributed by atoms with E-state index in [9.17, 15) is 13.2 Å². The minimum atomic E-state index is -4.01. The molecule has 1 unspecified atom stereocenters. The molecule has 0 aliphatic heterocycles. The summed E-state index contributed by atoms with van der Waals surface area (Å²) in [6.07, 6.45) is -2.34. The van der Waals surface area contributed by atoms with Crippen molar-refractivity contribution in [2.24, 2.45) is 5.92 Å². The Morgan fingerprint density at radius 3 is 2.65 bits per heavy atom. The van der Waals surface area contributed by atoms with Gasteiger partial charge in [0.2, 0.25) is 0 Å². The Bertz CT molecular complexity index is 386. The first-order chi connectivity index (χ1) is 7.94. The van der Waals surface area contributed by atoms with Crippen LogP contribution in [-0.2, 0) is 0 Å². The maximum absolute atomic E-state index is 12.3. The Morgan fingerprint density at radius 1 is 1.24 bits per heavy atom. The molecule has 0 N–H and O–H groups in total. The molecular weight excluding hydrogens is 224 g/mol. The molecule has 0 heterocycles. The normalized spacial score (nSPS) is 25.1. The van der Waals surface area contributed by atoms with Crippen molar-refractivity contribution in [2.75, 3.05) is 0 Å². The van der Waals surface area contributed by atoms with Crippen molar-refractivity contribution in [1.82, 2.24) is 0 Å². The number of halogens is 3. The zero-order valence-electron chi connectivity index (χ0n) is 9.93. The van der Waals surface area contributed by atoms with Crippen LogP contribution in [0.4, 0.5) is 13.2 Å². The number of hydrogen-bond acceptors (Lipinski definition) is 0. The van der Waals surface area contributed by atoms with E-state index in [-0.39, 0.29) is 5.92 Å². The predicted molar refractivity (Wildman–Crippen MR) is 65.4 cm³/mol. The zero-order chi connectivity index (χ0) is 12.5. The second-order valence-electron chi connectivity index (χ2n) is 5.11. The monoisotopic (exact) mass is 240 g/mol. The third-order valence-electron chi connectivity index (χ3n) is 3.57. The molecule has 1 aromatic carbocycles. The van der Waals surface area contributed by atoms with Crippen LogP contribution in [0.15, 0.2) is 24.3 Å². The fraction of sp³-hybridized carbons (Fsp3) is 0.538. The van der Waals surface area contributed by atoms with Crippen molar-refractivity contribution in [1.29, 1.82) is 0 Å². The molecule has 0 saturated heterocycles. The highest BCUT2D eigenvalue weighted by atomic mass is 19.4. The van der Waals surface area contributed by atoms with Gasteiger partial charge < -0.3 is 0 Å². The lowest BCUT2D eigenvalue weighted by atomic mass is 9.89. The Labute approximate surface area is 101 Å². The van der Waals surface area contributed by atoms with Crippen LogP contribution in [0.3, 0.4) is 0 Å². The summed E-state index contributed by atoms with van der Waals surface area (Å²) in [4.78, 5) is 0. The van der Waals surface area contributed by atoms with Gasteiger partial charge in [0.05, 0.1) is 0 Å². The van der Waals surface area contributed by atoms with Gasteiger partial charge in [-0.1, -0.05) is 29.7 Å². The van der Waals surface area contributed by atoms with E-state index in [0.717, 1.165) is 6.42 Å². The fourth-order valence-corrected chi connectivity index (χ4v) is 2.81. The number of hydrogen-bond donors (Lipinski definition) is 0. The first kappa shape index (κ1) is 12.5. The van der Waals surface area contributed by atoms with Crippen LogP contribution in [0.25, 0.3) is 0 Å². The standard InChI is InChI=1S/C13H16BF3/c14-12-3-1-2-10(7-12)11-5-4-9(6-11)8-13(15,16)17/h1-3,7,9,11H,4-6,8,14H2/t9?,11-/m1/s1. The van der Waals surface area contributed by atoms with Crippen LogP contribution < -0.4 is 5.46 Å². The average Bonchev–Trinajstić information content (AvgIpc) is 2.63. The van der Waals surface area contributed by atoms with Gasteiger partial charge in [0.25, 0.3) is 0 Å². The van der Waals surface area contributed by atoms with Gasteiger partial charge in [0.1, 0.15) is 7.85 Å². The Hall–Kier alpha value is -0.925. The summed E-state index contributed by atoms with van der Waals surface area (Å²) >= 11 is 0. The lowest BCUT2D eigenvalue weighted by Gasteiger charge is -2.14. The van der Waals surface area contributed by atoms with E-state index in [2.05, 4.69) is 6.07 Å². The predicted octanol–water partition coefficient (Wildman–Crippen LogP) is 2.78. The van der Waals surface area contributed by atoms with Crippen LogP contribution in [0.1, 0.15) is 37.2 Å². The molecule has 1 fully saturated rings. The molecule has 0 nitrogen and oxygen atoms in total. The van der Waals surface area contributed by atoms with E-state index < -0.39 is 12.6 Å². The molecule has 4 heteroatoms. The molecule has 0 spiro atoms. The van der Waals surface area contributed by atoms with Gasteiger partial charge in [-0.05, 0) is 36.7 Å². The van der Waals surface area contributed by atoms with Crippen molar-refractivity contribution in [3.05, 3.63) is 29.8 Å². The minimum Gasteiger partial charge on any atom is -0.171 e. The molecule has 1 aliphatic carbocycles. The SMILES string of the molecule is Bc1cccc([C@@H]2CCC(CC(F)(F)F)C2)c1. The second-order valence-corrected chi connectivity index (χ2v) is 5.11. The Kier molecular flexibility index (Phi) is 3.50. The summed E-state index contributed by atoms with van der Waals surface area (Å²) in [5.41, 5.74) is 2.39. The van der Waals surface area contributed by atoms with E-state index >= 15 is 0 Å². The van der Waals surface area contributed by atoms with Gasteiger partial charge in [-0.2, -0.15) is 13.2 Å². The molecule has 2 atom stereocenters. The fourth-order valence-electron chi connectivity index (χ4n) is 2.81. The molecule has 92 valence electrons. The van der Waals surface area contributed by atoms with E-state index in [0.29, 0.717) is 18.8 Å². The summed E-state index contributed by atoms with van der Waals surface area (Å²) < 4.78 is 36.9. The summed E-state index contributed by atoms with van der Waals surface area (Å²) in [6, 6.07) is 8.14. The van der Waals surface area contributed by atoms with Crippen LogP contribution in [0.5, 0.6) is 0 Å². The lowest BCUT2D eigenvalue weighted by Crippen LogP contribution is -2.13. The highest BCUT2D eigenvalue weighted by molar-refractivity contribution is 6.32. The van der Waals surface area contributed by atoms with Crippen LogP contribution in [-0.4, -0.2) is 14.0 Å². The smallest absolute Gasteiger partial charge is 0.171 e. The Balaban J connectivity index is 1.98. The van der Waals surface area contributed by atoms with E-state index in [1.165, 1.54) is 11.0 Å². The Morgan fingerprint density at radius 2 is 2.00 bits per heavy atom. The molecular formula is C13H16BF3. The summed E-state index contributed by atoms with van der Waals surface area (Å²) in [5.74, 6) is 0.141. The molecule has 1 aromatic rings. The highest BCUT2D eigenvalue weighted by Crippen LogP contribution is 2.42.